The summed E-state index contributed by atoms with van der Waals surface area (Å²) in [7, 11) is 1.64. The number of hydrogen-bond donors (Lipinski definition) is 1. The fourth-order valence-electron chi connectivity index (χ4n) is 2.21. The van der Waals surface area contributed by atoms with E-state index in [9.17, 15) is 4.79 Å². The average molecular weight is 311 g/mol. The maximum atomic E-state index is 12.5. The van der Waals surface area contributed by atoms with Gasteiger partial charge in [0.15, 0.2) is 0 Å². The van der Waals surface area contributed by atoms with Crippen molar-refractivity contribution >= 4 is 11.6 Å². The van der Waals surface area contributed by atoms with Crippen molar-refractivity contribution in [2.24, 2.45) is 0 Å². The highest BCUT2D eigenvalue weighted by atomic mass is 16.5. The van der Waals surface area contributed by atoms with Gasteiger partial charge in [-0.2, -0.15) is 10.2 Å². The molecule has 1 amide bonds. The van der Waals surface area contributed by atoms with Crippen LogP contribution in [0.1, 0.15) is 10.4 Å². The van der Waals surface area contributed by atoms with E-state index in [2.05, 4.69) is 15.5 Å². The van der Waals surface area contributed by atoms with Crippen molar-refractivity contribution in [1.82, 2.24) is 19.6 Å². The molecule has 0 aliphatic rings. The van der Waals surface area contributed by atoms with Gasteiger partial charge < -0.3 is 10.1 Å². The number of hydrogen-bond acceptors (Lipinski definition) is 4. The molecule has 0 atom stereocenters. The highest BCUT2D eigenvalue weighted by molar-refractivity contribution is 6.06. The van der Waals surface area contributed by atoms with Gasteiger partial charge >= 0.3 is 0 Å². The Balaban J connectivity index is 1.78. The summed E-state index contributed by atoms with van der Waals surface area (Å²) in [5.74, 6) is -0.206. The Morgan fingerprint density at radius 2 is 2.13 bits per heavy atom. The molecule has 0 saturated heterocycles. The maximum Gasteiger partial charge on any atom is 0.257 e. The molecule has 7 heteroatoms. The fraction of sp³-hybridized carbons (Fsp3) is 0.188. The van der Waals surface area contributed by atoms with E-state index in [4.69, 9.17) is 4.74 Å². The van der Waals surface area contributed by atoms with Crippen LogP contribution in [0, 0.1) is 0 Å². The van der Waals surface area contributed by atoms with E-state index in [0.717, 1.165) is 5.69 Å². The van der Waals surface area contributed by atoms with Crippen LogP contribution in [-0.2, 0) is 11.3 Å². The number of carbonyl (C=O) groups excluding carboxylic acids is 1. The minimum Gasteiger partial charge on any atom is -0.383 e. The van der Waals surface area contributed by atoms with Crippen LogP contribution in [-0.4, -0.2) is 39.2 Å². The van der Waals surface area contributed by atoms with Gasteiger partial charge in [0.2, 0.25) is 0 Å². The van der Waals surface area contributed by atoms with Gasteiger partial charge in [0.1, 0.15) is 0 Å². The standard InChI is InChI=1S/C16H17N5O2/c1-23-10-9-20-12-13(11-18-20)19-16(22)14-5-2-3-6-15(14)21-8-4-7-17-21/h2-8,11-12H,9-10H2,1H3,(H,19,22). The predicted molar refractivity (Wildman–Crippen MR) is 85.6 cm³/mol. The zero-order valence-electron chi connectivity index (χ0n) is 12.7. The van der Waals surface area contributed by atoms with Gasteiger partial charge in [-0.15, -0.1) is 0 Å². The van der Waals surface area contributed by atoms with Crippen molar-refractivity contribution in [3.05, 3.63) is 60.7 Å². The number of carbonyl (C=O) groups is 1. The van der Waals surface area contributed by atoms with E-state index in [1.807, 2.05) is 24.3 Å². The molecule has 7 nitrogen and oxygen atoms in total. The number of para-hydroxylation sites is 1. The van der Waals surface area contributed by atoms with Crippen molar-refractivity contribution in [2.75, 3.05) is 19.0 Å². The van der Waals surface area contributed by atoms with Crippen molar-refractivity contribution in [3.8, 4) is 5.69 Å². The zero-order valence-corrected chi connectivity index (χ0v) is 12.7. The molecule has 0 bridgehead atoms. The van der Waals surface area contributed by atoms with Crippen molar-refractivity contribution < 1.29 is 9.53 Å². The molecule has 2 heterocycles. The van der Waals surface area contributed by atoms with Gasteiger partial charge in [-0.1, -0.05) is 12.1 Å². The van der Waals surface area contributed by atoms with Crippen LogP contribution in [0.2, 0.25) is 0 Å². The van der Waals surface area contributed by atoms with Crippen LogP contribution in [0.4, 0.5) is 5.69 Å². The Bertz CT molecular complexity index is 779. The Kier molecular flexibility index (Phi) is 4.49. The lowest BCUT2D eigenvalue weighted by molar-refractivity contribution is 0.102. The highest BCUT2D eigenvalue weighted by Gasteiger charge is 2.13. The maximum absolute atomic E-state index is 12.5. The number of nitrogens with zero attached hydrogens (tertiary/aromatic N) is 4. The van der Waals surface area contributed by atoms with E-state index < -0.39 is 0 Å². The molecule has 2 aromatic heterocycles. The summed E-state index contributed by atoms with van der Waals surface area (Å²) < 4.78 is 8.39. The number of aromatic nitrogens is 4. The van der Waals surface area contributed by atoms with Crippen LogP contribution < -0.4 is 5.32 Å². The Morgan fingerprint density at radius 3 is 2.91 bits per heavy atom. The first-order chi connectivity index (χ1) is 11.3. The predicted octanol–water partition coefficient (Wildman–Crippen LogP) is 1.97. The van der Waals surface area contributed by atoms with Gasteiger partial charge in [-0.25, -0.2) is 4.68 Å². The van der Waals surface area contributed by atoms with E-state index >= 15 is 0 Å². The van der Waals surface area contributed by atoms with Crippen LogP contribution in [0.15, 0.2) is 55.1 Å². The first kappa shape index (κ1) is 15.0. The molecule has 118 valence electrons. The molecule has 0 saturated carbocycles. The van der Waals surface area contributed by atoms with Crippen LogP contribution in [0.25, 0.3) is 5.69 Å². The zero-order chi connectivity index (χ0) is 16.1. The fourth-order valence-corrected chi connectivity index (χ4v) is 2.21. The van der Waals surface area contributed by atoms with Gasteiger partial charge in [0.25, 0.3) is 5.91 Å². The van der Waals surface area contributed by atoms with Crippen LogP contribution in [0.5, 0.6) is 0 Å². The minimum absolute atomic E-state index is 0.206. The minimum atomic E-state index is -0.206. The molecule has 3 rings (SSSR count). The van der Waals surface area contributed by atoms with E-state index in [0.29, 0.717) is 24.4 Å². The van der Waals surface area contributed by atoms with Gasteiger partial charge in [0.05, 0.1) is 36.3 Å². The number of rotatable bonds is 6. The molecular weight excluding hydrogens is 294 g/mol. The SMILES string of the molecule is COCCn1cc(NC(=O)c2ccccc2-n2cccn2)cn1. The summed E-state index contributed by atoms with van der Waals surface area (Å²) >= 11 is 0. The van der Waals surface area contributed by atoms with Crippen molar-refractivity contribution in [2.45, 2.75) is 6.54 Å². The van der Waals surface area contributed by atoms with Gasteiger partial charge in [-0.05, 0) is 18.2 Å². The largest absolute Gasteiger partial charge is 0.383 e. The number of methoxy groups -OCH3 is 1. The molecule has 0 spiro atoms. The van der Waals surface area contributed by atoms with Crippen LogP contribution in [0.3, 0.4) is 0 Å². The van der Waals surface area contributed by atoms with Crippen molar-refractivity contribution in [3.63, 3.8) is 0 Å². The molecular formula is C16H17N5O2. The second-order valence-corrected chi connectivity index (χ2v) is 4.91. The lowest BCUT2D eigenvalue weighted by Crippen LogP contribution is -2.15. The normalized spacial score (nSPS) is 10.7. The van der Waals surface area contributed by atoms with Gasteiger partial charge in [0, 0.05) is 25.7 Å². The summed E-state index contributed by atoms with van der Waals surface area (Å²) in [6.07, 6.45) is 6.86. The first-order valence-corrected chi connectivity index (χ1v) is 7.20. The molecule has 0 fully saturated rings. The third kappa shape index (κ3) is 3.46. The summed E-state index contributed by atoms with van der Waals surface area (Å²) in [6, 6.07) is 9.13. The molecule has 1 N–H and O–H groups in total. The molecule has 0 radical (unpaired) electrons. The number of benzene rings is 1. The topological polar surface area (TPSA) is 74.0 Å². The molecule has 0 aliphatic heterocycles. The number of anilines is 1. The monoisotopic (exact) mass is 311 g/mol. The number of ether oxygens (including phenoxy) is 1. The molecule has 3 aromatic rings. The summed E-state index contributed by atoms with van der Waals surface area (Å²) in [4.78, 5) is 12.5. The van der Waals surface area contributed by atoms with E-state index in [1.54, 1.807) is 47.3 Å². The summed E-state index contributed by atoms with van der Waals surface area (Å²) in [5.41, 5.74) is 1.91. The summed E-state index contributed by atoms with van der Waals surface area (Å²) in [6.45, 7) is 1.20. The Labute approximate surface area is 133 Å². The molecule has 23 heavy (non-hydrogen) atoms. The molecule has 0 unspecified atom stereocenters. The third-order valence-electron chi connectivity index (χ3n) is 3.32. The molecule has 1 aromatic carbocycles. The molecule has 0 aliphatic carbocycles. The smallest absolute Gasteiger partial charge is 0.257 e. The lowest BCUT2D eigenvalue weighted by atomic mass is 10.1. The summed E-state index contributed by atoms with van der Waals surface area (Å²) in [5, 5.41) is 11.2. The Hall–Kier alpha value is -2.93. The Morgan fingerprint density at radius 1 is 1.26 bits per heavy atom. The quantitative estimate of drug-likeness (QED) is 0.755. The van der Waals surface area contributed by atoms with Crippen LogP contribution >= 0.6 is 0 Å². The third-order valence-corrected chi connectivity index (χ3v) is 3.32. The second kappa shape index (κ2) is 6.89. The van der Waals surface area contributed by atoms with E-state index in [1.165, 1.54) is 0 Å². The average Bonchev–Trinajstić information content (AvgIpc) is 3.25. The van der Waals surface area contributed by atoms with Gasteiger partial charge in [-0.3, -0.25) is 9.48 Å². The second-order valence-electron chi connectivity index (χ2n) is 4.91. The number of nitrogens with one attached hydrogen (secondary N) is 1. The van der Waals surface area contributed by atoms with E-state index in [-0.39, 0.29) is 5.91 Å². The lowest BCUT2D eigenvalue weighted by Gasteiger charge is -2.09. The number of amides is 1. The first-order valence-electron chi connectivity index (χ1n) is 7.20. The highest BCUT2D eigenvalue weighted by Crippen LogP contribution is 2.16. The van der Waals surface area contributed by atoms with Crippen molar-refractivity contribution in [1.29, 1.82) is 0 Å².